The van der Waals surface area contributed by atoms with Crippen molar-refractivity contribution in [3.05, 3.63) is 95.6 Å². The minimum Gasteiger partial charge on any atom is -0.391 e. The Bertz CT molecular complexity index is 1380. The van der Waals surface area contributed by atoms with E-state index in [2.05, 4.69) is 39.6 Å². The van der Waals surface area contributed by atoms with Gasteiger partial charge in [0.1, 0.15) is 6.04 Å². The lowest BCUT2D eigenvalue weighted by atomic mass is 10.1. The second-order valence-electron chi connectivity index (χ2n) is 8.09. The maximum absolute atomic E-state index is 12.3. The van der Waals surface area contributed by atoms with Crippen LogP contribution in [0, 0.1) is 23.7 Å². The number of para-hydroxylation sites is 1. The van der Waals surface area contributed by atoms with Gasteiger partial charge in [0.2, 0.25) is 5.91 Å². The summed E-state index contributed by atoms with van der Waals surface area (Å²) in [6.07, 6.45) is -1.20. The summed E-state index contributed by atoms with van der Waals surface area (Å²) in [5.74, 6) is 9.62. The minimum absolute atomic E-state index is 0.149. The van der Waals surface area contributed by atoms with E-state index < -0.39 is 24.0 Å². The molecule has 0 aliphatic heterocycles. The predicted octanol–water partition coefficient (Wildman–Crippen LogP) is 2.12. The first-order valence-electron chi connectivity index (χ1n) is 11.6. The van der Waals surface area contributed by atoms with E-state index in [1.54, 1.807) is 36.4 Å². The molecule has 38 heavy (non-hydrogen) atoms. The number of hydrogen-bond acceptors (Lipinski definition) is 6. The maximum atomic E-state index is 12.3. The van der Waals surface area contributed by atoms with Gasteiger partial charge in [-0.2, -0.15) is 0 Å². The van der Waals surface area contributed by atoms with Crippen LogP contribution in [-0.2, 0) is 9.59 Å². The molecule has 9 heteroatoms. The van der Waals surface area contributed by atoms with Crippen LogP contribution in [0.15, 0.2) is 78.9 Å². The van der Waals surface area contributed by atoms with Crippen LogP contribution in [0.3, 0.4) is 0 Å². The van der Waals surface area contributed by atoms with Crippen molar-refractivity contribution in [2.45, 2.75) is 19.1 Å². The Morgan fingerprint density at radius 2 is 1.39 bits per heavy atom. The summed E-state index contributed by atoms with van der Waals surface area (Å²) >= 11 is 0. The predicted molar refractivity (Wildman–Crippen MR) is 143 cm³/mol. The summed E-state index contributed by atoms with van der Waals surface area (Å²) in [6, 6.07) is 21.5. The zero-order valence-corrected chi connectivity index (χ0v) is 20.5. The molecule has 3 aromatic rings. The molecule has 0 saturated carbocycles. The van der Waals surface area contributed by atoms with Crippen molar-refractivity contribution in [2.24, 2.45) is 0 Å². The highest BCUT2D eigenvalue weighted by molar-refractivity contribution is 5.97. The number of anilines is 2. The first-order chi connectivity index (χ1) is 18.4. The number of aliphatic hydroxyl groups is 1. The number of rotatable bonds is 8. The van der Waals surface area contributed by atoms with Crippen molar-refractivity contribution >= 4 is 29.1 Å². The molecule has 9 nitrogen and oxygen atoms in total. The zero-order chi connectivity index (χ0) is 27.3. The number of hydroxylamine groups is 1. The molecule has 3 aromatic carbocycles. The highest BCUT2D eigenvalue weighted by Gasteiger charge is 2.25. The van der Waals surface area contributed by atoms with Crippen molar-refractivity contribution in [1.82, 2.24) is 10.8 Å². The smallest absolute Gasteiger partial charge is 0.268 e. The average Bonchev–Trinajstić information content (AvgIpc) is 2.94. The van der Waals surface area contributed by atoms with Gasteiger partial charge in [-0.1, -0.05) is 30.0 Å². The third-order valence-electron chi connectivity index (χ3n) is 5.18. The van der Waals surface area contributed by atoms with E-state index in [9.17, 15) is 19.5 Å². The van der Waals surface area contributed by atoms with Crippen LogP contribution in [0.1, 0.15) is 28.4 Å². The lowest BCUT2D eigenvalue weighted by molar-refractivity contribution is -0.133. The Balaban J connectivity index is 1.51. The molecule has 0 fully saturated rings. The molecule has 0 radical (unpaired) electrons. The molecule has 0 aromatic heterocycles. The van der Waals surface area contributed by atoms with Crippen LogP contribution in [0.5, 0.6) is 0 Å². The lowest BCUT2D eigenvalue weighted by Crippen LogP contribution is -2.51. The minimum atomic E-state index is -1.30. The van der Waals surface area contributed by atoms with Crippen LogP contribution in [0.2, 0.25) is 0 Å². The van der Waals surface area contributed by atoms with E-state index in [1.807, 2.05) is 30.3 Å². The second kappa shape index (κ2) is 13.9. The number of amides is 3. The van der Waals surface area contributed by atoms with E-state index in [-0.39, 0.29) is 18.0 Å². The summed E-state index contributed by atoms with van der Waals surface area (Å²) in [5, 5.41) is 26.6. The van der Waals surface area contributed by atoms with E-state index >= 15 is 0 Å². The molecule has 0 aliphatic rings. The highest BCUT2D eigenvalue weighted by atomic mass is 16.5. The molecule has 0 spiro atoms. The van der Waals surface area contributed by atoms with Gasteiger partial charge in [-0.3, -0.25) is 19.6 Å². The van der Waals surface area contributed by atoms with Gasteiger partial charge in [0.15, 0.2) is 0 Å². The molecule has 0 heterocycles. The van der Waals surface area contributed by atoms with Crippen molar-refractivity contribution in [3.63, 3.8) is 0 Å². The molecule has 0 saturated heterocycles. The van der Waals surface area contributed by atoms with Crippen molar-refractivity contribution in [3.8, 4) is 23.7 Å². The van der Waals surface area contributed by atoms with Gasteiger partial charge in [-0.25, -0.2) is 5.48 Å². The summed E-state index contributed by atoms with van der Waals surface area (Å²) in [4.78, 5) is 36.0. The van der Waals surface area contributed by atoms with Crippen LogP contribution in [0.4, 0.5) is 11.4 Å². The highest BCUT2D eigenvalue weighted by Crippen LogP contribution is 2.10. The molecule has 192 valence electrons. The molecule has 3 amide bonds. The fraction of sp³-hybridized carbons (Fsp3) is 0.138. The Hall–Kier alpha value is -5.09. The quantitative estimate of drug-likeness (QED) is 0.156. The van der Waals surface area contributed by atoms with Gasteiger partial charge in [0, 0.05) is 28.1 Å². The molecular formula is C29H26N4O5. The van der Waals surface area contributed by atoms with E-state index in [0.29, 0.717) is 11.3 Å². The maximum Gasteiger partial charge on any atom is 0.268 e. The molecule has 0 bridgehead atoms. The van der Waals surface area contributed by atoms with E-state index in [4.69, 9.17) is 5.21 Å². The largest absolute Gasteiger partial charge is 0.391 e. The number of hydrogen-bond donors (Lipinski definition) is 6. The molecule has 2 atom stereocenters. The fourth-order valence-electron chi connectivity index (χ4n) is 3.19. The Kier molecular flexibility index (Phi) is 10.0. The summed E-state index contributed by atoms with van der Waals surface area (Å²) < 4.78 is 0. The normalized spacial score (nSPS) is 11.3. The summed E-state index contributed by atoms with van der Waals surface area (Å²) in [7, 11) is 0. The number of carbonyl (C=O) groups is 3. The fourth-order valence-corrected chi connectivity index (χ4v) is 3.19. The van der Waals surface area contributed by atoms with Gasteiger partial charge in [0.05, 0.1) is 12.6 Å². The number of carbonyl (C=O) groups excluding carboxylic acids is 3. The number of benzene rings is 3. The molecule has 2 unspecified atom stereocenters. The van der Waals surface area contributed by atoms with Crippen LogP contribution >= 0.6 is 0 Å². The van der Waals surface area contributed by atoms with Crippen molar-refractivity contribution in [1.29, 1.82) is 0 Å². The van der Waals surface area contributed by atoms with Gasteiger partial charge < -0.3 is 21.1 Å². The van der Waals surface area contributed by atoms with Gasteiger partial charge >= 0.3 is 0 Å². The molecular weight excluding hydrogens is 484 g/mol. The third kappa shape index (κ3) is 8.54. The summed E-state index contributed by atoms with van der Waals surface area (Å²) in [5.41, 5.74) is 4.53. The van der Waals surface area contributed by atoms with Crippen LogP contribution in [0.25, 0.3) is 0 Å². The monoisotopic (exact) mass is 510 g/mol. The van der Waals surface area contributed by atoms with Crippen LogP contribution < -0.4 is 21.4 Å². The van der Waals surface area contributed by atoms with Crippen molar-refractivity contribution in [2.75, 3.05) is 17.2 Å². The zero-order valence-electron chi connectivity index (χ0n) is 20.5. The Labute approximate surface area is 220 Å². The van der Waals surface area contributed by atoms with E-state index in [0.717, 1.165) is 11.3 Å². The van der Waals surface area contributed by atoms with Gasteiger partial charge in [-0.05, 0) is 79.4 Å². The van der Waals surface area contributed by atoms with Gasteiger partial charge in [0.25, 0.3) is 11.8 Å². The van der Waals surface area contributed by atoms with E-state index in [1.165, 1.54) is 24.5 Å². The molecule has 0 aliphatic carbocycles. The number of aliphatic hydroxyl groups excluding tert-OH is 1. The van der Waals surface area contributed by atoms with Crippen molar-refractivity contribution < 1.29 is 24.7 Å². The first-order valence-corrected chi connectivity index (χ1v) is 11.6. The molecule has 6 N–H and O–H groups in total. The first kappa shape index (κ1) is 27.5. The lowest BCUT2D eigenvalue weighted by Gasteiger charge is -2.19. The standard InChI is InChI=1S/C29H26N4O5/c1-20(34)27(29(37)33-38)32-28(36)23-15-11-21(12-16-23)7-5-6-8-22-13-17-25(18-14-22)31-26(35)19-30-24-9-3-2-4-10-24/h2-4,9-18,20,27,30,34,38H,19H2,1H3,(H,31,35)(H,32,36)(H,33,37). The Morgan fingerprint density at radius 1 is 0.816 bits per heavy atom. The number of nitrogens with one attached hydrogen (secondary N) is 4. The third-order valence-corrected chi connectivity index (χ3v) is 5.18. The van der Waals surface area contributed by atoms with Crippen LogP contribution in [-0.4, -0.2) is 46.7 Å². The topological polar surface area (TPSA) is 140 Å². The average molecular weight is 511 g/mol. The van der Waals surface area contributed by atoms with Gasteiger partial charge in [-0.15, -0.1) is 0 Å². The second-order valence-corrected chi connectivity index (χ2v) is 8.09. The SMILES string of the molecule is CC(O)C(NC(=O)c1ccc(C#CC#Cc2ccc(NC(=O)CNc3ccccc3)cc2)cc1)C(=O)NO. The Morgan fingerprint density at radius 3 is 1.95 bits per heavy atom. The molecule has 3 rings (SSSR count). The summed E-state index contributed by atoms with van der Waals surface area (Å²) in [6.45, 7) is 1.47.